The van der Waals surface area contributed by atoms with Gasteiger partial charge >= 0.3 is 0 Å². The zero-order chi connectivity index (χ0) is 14.7. The molecule has 2 rings (SSSR count). The van der Waals surface area contributed by atoms with Crippen molar-refractivity contribution in [2.45, 2.75) is 0 Å². The number of nitro benzene ring substituents is 1. The Bertz CT molecular complexity index is 648. The van der Waals surface area contributed by atoms with Crippen LogP contribution in [0.5, 0.6) is 0 Å². The molecular weight excluding hydrogens is 256 g/mol. The van der Waals surface area contributed by atoms with E-state index in [-0.39, 0.29) is 11.5 Å². The van der Waals surface area contributed by atoms with Crippen molar-refractivity contribution in [3.05, 3.63) is 69.8 Å². The van der Waals surface area contributed by atoms with Gasteiger partial charge in [-0.05, 0) is 24.3 Å². The van der Waals surface area contributed by atoms with Gasteiger partial charge in [0.2, 0.25) is 0 Å². The zero-order valence-electron chi connectivity index (χ0n) is 11.2. The summed E-state index contributed by atoms with van der Waals surface area (Å²) in [6.45, 7) is 0. The van der Waals surface area contributed by atoms with Crippen LogP contribution in [-0.2, 0) is 0 Å². The zero-order valence-corrected chi connectivity index (χ0v) is 11.2. The lowest BCUT2D eigenvalue weighted by atomic mass is 10.0. The summed E-state index contributed by atoms with van der Waals surface area (Å²) in [6.07, 6.45) is 0. The van der Waals surface area contributed by atoms with Crippen LogP contribution < -0.4 is 4.90 Å². The Morgan fingerprint density at radius 3 is 2.25 bits per heavy atom. The Balaban J connectivity index is 2.31. The van der Waals surface area contributed by atoms with E-state index in [1.54, 1.807) is 12.1 Å². The average Bonchev–Trinajstić information content (AvgIpc) is 2.46. The Morgan fingerprint density at radius 1 is 1.05 bits per heavy atom. The van der Waals surface area contributed by atoms with Crippen LogP contribution in [0.3, 0.4) is 0 Å². The fourth-order valence-corrected chi connectivity index (χ4v) is 1.83. The Labute approximate surface area is 116 Å². The maximum atomic E-state index is 12.3. The largest absolute Gasteiger partial charge is 0.378 e. The fourth-order valence-electron chi connectivity index (χ4n) is 1.83. The summed E-state index contributed by atoms with van der Waals surface area (Å²) >= 11 is 0. The van der Waals surface area contributed by atoms with Gasteiger partial charge in [-0.2, -0.15) is 0 Å². The van der Waals surface area contributed by atoms with Crippen LogP contribution in [0.25, 0.3) is 0 Å². The highest BCUT2D eigenvalue weighted by molar-refractivity contribution is 6.09. The Hall–Kier alpha value is -2.69. The first-order valence-electron chi connectivity index (χ1n) is 6.05. The highest BCUT2D eigenvalue weighted by Crippen LogP contribution is 2.18. The quantitative estimate of drug-likeness (QED) is 0.487. The molecule has 0 unspecified atom stereocenters. The van der Waals surface area contributed by atoms with Gasteiger partial charge in [0, 0.05) is 43.0 Å². The molecule has 0 spiro atoms. The molecule has 0 N–H and O–H groups in total. The van der Waals surface area contributed by atoms with Crippen LogP contribution in [0.4, 0.5) is 11.4 Å². The van der Waals surface area contributed by atoms with E-state index in [1.807, 2.05) is 31.1 Å². The maximum Gasteiger partial charge on any atom is 0.269 e. The summed E-state index contributed by atoms with van der Waals surface area (Å²) in [5, 5.41) is 10.6. The van der Waals surface area contributed by atoms with Gasteiger partial charge in [0.25, 0.3) is 5.69 Å². The maximum absolute atomic E-state index is 12.3. The van der Waals surface area contributed by atoms with Crippen LogP contribution >= 0.6 is 0 Å². The minimum absolute atomic E-state index is 0.0245. The van der Waals surface area contributed by atoms with E-state index in [0.717, 1.165) is 5.69 Å². The van der Waals surface area contributed by atoms with Crippen molar-refractivity contribution in [2.24, 2.45) is 0 Å². The second-order valence-corrected chi connectivity index (χ2v) is 4.58. The summed E-state index contributed by atoms with van der Waals surface area (Å²) in [7, 11) is 3.80. The normalized spacial score (nSPS) is 10.1. The summed E-state index contributed by atoms with van der Waals surface area (Å²) in [5.41, 5.74) is 1.90. The molecule has 0 radical (unpaired) electrons. The van der Waals surface area contributed by atoms with Crippen LogP contribution in [-0.4, -0.2) is 24.8 Å². The summed E-state index contributed by atoms with van der Waals surface area (Å²) in [5.74, 6) is -0.149. The molecule has 5 heteroatoms. The smallest absolute Gasteiger partial charge is 0.269 e. The summed E-state index contributed by atoms with van der Waals surface area (Å²) in [4.78, 5) is 24.3. The van der Waals surface area contributed by atoms with E-state index >= 15 is 0 Å². The minimum Gasteiger partial charge on any atom is -0.378 e. The van der Waals surface area contributed by atoms with Crippen LogP contribution in [0.15, 0.2) is 48.5 Å². The van der Waals surface area contributed by atoms with Gasteiger partial charge in [0.05, 0.1) is 4.92 Å². The van der Waals surface area contributed by atoms with Crippen LogP contribution in [0, 0.1) is 10.1 Å². The number of nitrogens with zero attached hydrogens (tertiary/aromatic N) is 2. The molecule has 5 nitrogen and oxygen atoms in total. The van der Waals surface area contributed by atoms with Gasteiger partial charge in [0.15, 0.2) is 5.78 Å². The van der Waals surface area contributed by atoms with Crippen LogP contribution in [0.2, 0.25) is 0 Å². The number of carbonyl (C=O) groups is 1. The highest BCUT2D eigenvalue weighted by Gasteiger charge is 2.12. The van der Waals surface area contributed by atoms with E-state index < -0.39 is 4.92 Å². The molecule has 0 heterocycles. The summed E-state index contributed by atoms with van der Waals surface area (Å²) < 4.78 is 0. The average molecular weight is 270 g/mol. The SMILES string of the molecule is CN(C)c1cccc(C(=O)c2ccc([N+](=O)[O-])cc2)c1. The van der Waals surface area contributed by atoms with Crippen molar-refractivity contribution in [1.29, 1.82) is 0 Å². The number of hydrogen-bond donors (Lipinski definition) is 0. The molecule has 0 amide bonds. The lowest BCUT2D eigenvalue weighted by Gasteiger charge is -2.13. The Morgan fingerprint density at radius 2 is 1.70 bits per heavy atom. The van der Waals surface area contributed by atoms with Crippen LogP contribution in [0.1, 0.15) is 15.9 Å². The number of rotatable bonds is 4. The number of benzene rings is 2. The molecule has 0 aliphatic rings. The number of anilines is 1. The van der Waals surface area contributed by atoms with E-state index in [9.17, 15) is 14.9 Å². The molecule has 0 aliphatic heterocycles. The van der Waals surface area contributed by atoms with Gasteiger partial charge in [-0.15, -0.1) is 0 Å². The lowest BCUT2D eigenvalue weighted by molar-refractivity contribution is -0.384. The van der Waals surface area contributed by atoms with Gasteiger partial charge in [-0.1, -0.05) is 12.1 Å². The Kier molecular flexibility index (Phi) is 3.79. The molecule has 20 heavy (non-hydrogen) atoms. The third-order valence-corrected chi connectivity index (χ3v) is 2.97. The fraction of sp³-hybridized carbons (Fsp3) is 0.133. The first kappa shape index (κ1) is 13.7. The third kappa shape index (κ3) is 2.83. The van der Waals surface area contributed by atoms with Crippen molar-refractivity contribution >= 4 is 17.2 Å². The van der Waals surface area contributed by atoms with E-state index in [1.165, 1.54) is 24.3 Å². The highest BCUT2D eigenvalue weighted by atomic mass is 16.6. The standard InChI is InChI=1S/C15H14N2O3/c1-16(2)14-5-3-4-12(10-14)15(18)11-6-8-13(9-7-11)17(19)20/h3-10H,1-2H3. The lowest BCUT2D eigenvalue weighted by Crippen LogP contribution is -2.10. The monoisotopic (exact) mass is 270 g/mol. The minimum atomic E-state index is -0.485. The van der Waals surface area contributed by atoms with Gasteiger partial charge in [0.1, 0.15) is 0 Å². The molecule has 0 atom stereocenters. The molecule has 0 saturated carbocycles. The topological polar surface area (TPSA) is 63.5 Å². The van der Waals surface area contributed by atoms with Crippen molar-refractivity contribution < 1.29 is 9.72 Å². The molecule has 2 aromatic carbocycles. The van der Waals surface area contributed by atoms with E-state index in [4.69, 9.17) is 0 Å². The number of hydrogen-bond acceptors (Lipinski definition) is 4. The van der Waals surface area contributed by atoms with Crippen molar-refractivity contribution in [3.63, 3.8) is 0 Å². The molecule has 2 aromatic rings. The first-order valence-corrected chi connectivity index (χ1v) is 6.05. The van der Waals surface area contributed by atoms with E-state index in [0.29, 0.717) is 11.1 Å². The van der Waals surface area contributed by atoms with Crippen molar-refractivity contribution in [3.8, 4) is 0 Å². The molecule has 0 aromatic heterocycles. The van der Waals surface area contributed by atoms with Gasteiger partial charge in [-0.25, -0.2) is 0 Å². The second-order valence-electron chi connectivity index (χ2n) is 4.58. The van der Waals surface area contributed by atoms with E-state index in [2.05, 4.69) is 0 Å². The van der Waals surface area contributed by atoms with Crippen molar-refractivity contribution in [2.75, 3.05) is 19.0 Å². The molecule has 0 fully saturated rings. The van der Waals surface area contributed by atoms with Crippen molar-refractivity contribution in [1.82, 2.24) is 0 Å². The summed E-state index contributed by atoms with van der Waals surface area (Å²) in [6, 6.07) is 12.9. The first-order chi connectivity index (χ1) is 9.49. The number of nitro groups is 1. The molecule has 0 saturated heterocycles. The molecular formula is C15H14N2O3. The van der Waals surface area contributed by atoms with Gasteiger partial charge in [-0.3, -0.25) is 14.9 Å². The van der Waals surface area contributed by atoms with Gasteiger partial charge < -0.3 is 4.90 Å². The number of non-ortho nitro benzene ring substituents is 1. The predicted octanol–water partition coefficient (Wildman–Crippen LogP) is 2.89. The number of carbonyl (C=O) groups excluding carboxylic acids is 1. The molecule has 0 aliphatic carbocycles. The molecule has 0 bridgehead atoms. The number of ketones is 1. The predicted molar refractivity (Wildman–Crippen MR) is 77.3 cm³/mol. The molecule has 102 valence electrons. The second kappa shape index (κ2) is 5.52. The third-order valence-electron chi connectivity index (χ3n) is 2.97.